The van der Waals surface area contributed by atoms with Crippen molar-refractivity contribution in [3.8, 4) is 6.07 Å². The number of benzene rings is 1. The molecule has 1 aromatic rings. The molecule has 0 aromatic heterocycles. The summed E-state index contributed by atoms with van der Waals surface area (Å²) in [6, 6.07) is 7.59. The van der Waals surface area contributed by atoms with Crippen LogP contribution in [0.3, 0.4) is 0 Å². The first-order chi connectivity index (χ1) is 8.49. The zero-order valence-electron chi connectivity index (χ0n) is 10.7. The van der Waals surface area contributed by atoms with Crippen LogP contribution in [0.1, 0.15) is 32.3 Å². The van der Waals surface area contributed by atoms with Gasteiger partial charge in [-0.25, -0.2) is 0 Å². The van der Waals surface area contributed by atoms with Crippen LogP contribution in [0.25, 0.3) is 0 Å². The maximum absolute atomic E-state index is 10.3. The largest absolute Gasteiger partial charge is 0.388 e. The van der Waals surface area contributed by atoms with Crippen molar-refractivity contribution < 1.29 is 5.11 Å². The Morgan fingerprint density at radius 3 is 2.89 bits per heavy atom. The summed E-state index contributed by atoms with van der Waals surface area (Å²) < 4.78 is 0. The minimum atomic E-state index is -0.658. The van der Waals surface area contributed by atoms with E-state index in [4.69, 9.17) is 16.9 Å². The zero-order chi connectivity index (χ0) is 13.3. The highest BCUT2D eigenvalue weighted by atomic mass is 35.5. The first-order valence-electron chi connectivity index (χ1n) is 6.18. The fourth-order valence-electron chi connectivity index (χ4n) is 2.75. The summed E-state index contributed by atoms with van der Waals surface area (Å²) in [6.45, 7) is 4.77. The van der Waals surface area contributed by atoms with Crippen LogP contribution in [0.5, 0.6) is 0 Å². The number of hydrogen-bond donors (Lipinski definition) is 1. The number of anilines is 1. The van der Waals surface area contributed by atoms with E-state index >= 15 is 0 Å². The van der Waals surface area contributed by atoms with Gasteiger partial charge >= 0.3 is 0 Å². The summed E-state index contributed by atoms with van der Waals surface area (Å²) in [5, 5.41) is 19.7. The lowest BCUT2D eigenvalue weighted by Gasteiger charge is -2.32. The monoisotopic (exact) mass is 264 g/mol. The van der Waals surface area contributed by atoms with Gasteiger partial charge in [0.25, 0.3) is 0 Å². The fraction of sp³-hybridized carbons (Fsp3) is 0.500. The molecule has 2 atom stereocenters. The van der Waals surface area contributed by atoms with Gasteiger partial charge in [-0.1, -0.05) is 18.5 Å². The van der Waals surface area contributed by atoms with Crippen molar-refractivity contribution in [2.45, 2.75) is 38.3 Å². The first kappa shape index (κ1) is 13.2. The van der Waals surface area contributed by atoms with E-state index in [1.807, 2.05) is 19.1 Å². The van der Waals surface area contributed by atoms with Gasteiger partial charge in [0.15, 0.2) is 0 Å². The molecule has 0 aliphatic carbocycles. The quantitative estimate of drug-likeness (QED) is 0.893. The van der Waals surface area contributed by atoms with Gasteiger partial charge in [-0.2, -0.15) is 5.26 Å². The van der Waals surface area contributed by atoms with Crippen LogP contribution in [-0.4, -0.2) is 23.3 Å². The summed E-state index contributed by atoms with van der Waals surface area (Å²) >= 11 is 6.06. The molecule has 0 amide bonds. The lowest BCUT2D eigenvalue weighted by Crippen LogP contribution is -2.42. The Morgan fingerprint density at radius 2 is 2.33 bits per heavy atom. The lowest BCUT2D eigenvalue weighted by molar-refractivity contribution is 0.0501. The minimum absolute atomic E-state index is 0.0986. The Bertz CT molecular complexity index is 493. The van der Waals surface area contributed by atoms with E-state index in [0.29, 0.717) is 10.6 Å². The van der Waals surface area contributed by atoms with Crippen LogP contribution in [0.2, 0.25) is 5.02 Å². The molecule has 0 unspecified atom stereocenters. The van der Waals surface area contributed by atoms with Gasteiger partial charge in [-0.3, -0.25) is 0 Å². The van der Waals surface area contributed by atoms with E-state index in [9.17, 15) is 5.11 Å². The van der Waals surface area contributed by atoms with E-state index in [-0.39, 0.29) is 6.04 Å². The Labute approximate surface area is 113 Å². The summed E-state index contributed by atoms with van der Waals surface area (Å²) in [5.74, 6) is 0. The molecular formula is C14H17ClN2O. The predicted octanol–water partition coefficient (Wildman–Crippen LogP) is 2.95. The van der Waals surface area contributed by atoms with Crippen molar-refractivity contribution in [1.82, 2.24) is 0 Å². The van der Waals surface area contributed by atoms with Crippen LogP contribution < -0.4 is 4.90 Å². The standard InChI is InChI=1S/C14H17ClN2O/c1-3-13-14(2,18)6-7-17(13)11-5-4-10(9-16)12(15)8-11/h4-5,8,13,18H,3,6-7H2,1-2H3/t13-,14-/m0/s1. The molecular weight excluding hydrogens is 248 g/mol. The molecule has 1 aliphatic heterocycles. The van der Waals surface area contributed by atoms with Gasteiger partial charge in [-0.15, -0.1) is 0 Å². The summed E-state index contributed by atoms with van der Waals surface area (Å²) in [7, 11) is 0. The minimum Gasteiger partial charge on any atom is -0.388 e. The maximum atomic E-state index is 10.3. The third kappa shape index (κ3) is 2.19. The molecule has 0 saturated carbocycles. The molecule has 96 valence electrons. The van der Waals surface area contributed by atoms with Gasteiger partial charge in [0.05, 0.1) is 22.2 Å². The summed E-state index contributed by atoms with van der Waals surface area (Å²) in [4.78, 5) is 2.17. The van der Waals surface area contributed by atoms with Crippen LogP contribution >= 0.6 is 11.6 Å². The van der Waals surface area contributed by atoms with Gasteiger partial charge in [0.2, 0.25) is 0 Å². The Hall–Kier alpha value is -1.24. The molecule has 1 saturated heterocycles. The summed E-state index contributed by atoms with van der Waals surface area (Å²) in [5.41, 5.74) is 0.804. The van der Waals surface area contributed by atoms with Crippen molar-refractivity contribution in [3.63, 3.8) is 0 Å². The van der Waals surface area contributed by atoms with E-state index in [0.717, 1.165) is 25.1 Å². The molecule has 1 aromatic carbocycles. The molecule has 1 aliphatic rings. The van der Waals surface area contributed by atoms with Crippen molar-refractivity contribution in [2.75, 3.05) is 11.4 Å². The van der Waals surface area contributed by atoms with E-state index in [2.05, 4.69) is 17.9 Å². The fourth-order valence-corrected chi connectivity index (χ4v) is 2.96. The van der Waals surface area contributed by atoms with Gasteiger partial charge in [0, 0.05) is 12.2 Å². The molecule has 4 heteroatoms. The van der Waals surface area contributed by atoms with Crippen molar-refractivity contribution in [3.05, 3.63) is 28.8 Å². The third-order valence-corrected chi connectivity index (χ3v) is 4.06. The van der Waals surface area contributed by atoms with Crippen LogP contribution in [0.15, 0.2) is 18.2 Å². The maximum Gasteiger partial charge on any atom is 0.101 e. The third-order valence-electron chi connectivity index (χ3n) is 3.74. The predicted molar refractivity (Wildman–Crippen MR) is 72.8 cm³/mol. The van der Waals surface area contributed by atoms with Crippen LogP contribution in [0.4, 0.5) is 5.69 Å². The highest BCUT2D eigenvalue weighted by molar-refractivity contribution is 6.32. The van der Waals surface area contributed by atoms with Crippen molar-refractivity contribution in [1.29, 1.82) is 5.26 Å². The van der Waals surface area contributed by atoms with Crippen molar-refractivity contribution >= 4 is 17.3 Å². The highest BCUT2D eigenvalue weighted by Crippen LogP contribution is 2.35. The Morgan fingerprint density at radius 1 is 1.61 bits per heavy atom. The average molecular weight is 265 g/mol. The molecule has 1 N–H and O–H groups in total. The summed E-state index contributed by atoms with van der Waals surface area (Å²) in [6.07, 6.45) is 1.63. The first-order valence-corrected chi connectivity index (χ1v) is 6.56. The normalized spacial score (nSPS) is 27.3. The molecule has 0 spiro atoms. The van der Waals surface area contributed by atoms with Crippen molar-refractivity contribution in [2.24, 2.45) is 0 Å². The smallest absolute Gasteiger partial charge is 0.101 e. The number of nitrogens with zero attached hydrogens (tertiary/aromatic N) is 2. The van der Waals surface area contributed by atoms with Gasteiger partial charge in [0.1, 0.15) is 6.07 Å². The highest BCUT2D eigenvalue weighted by Gasteiger charge is 2.41. The van der Waals surface area contributed by atoms with E-state index in [1.54, 1.807) is 6.07 Å². The molecule has 18 heavy (non-hydrogen) atoms. The van der Waals surface area contributed by atoms with E-state index < -0.39 is 5.60 Å². The molecule has 0 radical (unpaired) electrons. The number of nitriles is 1. The molecule has 0 bridgehead atoms. The van der Waals surface area contributed by atoms with Crippen LogP contribution in [-0.2, 0) is 0 Å². The Balaban J connectivity index is 2.33. The molecule has 2 rings (SSSR count). The second-order valence-corrected chi connectivity index (χ2v) is 5.41. The SMILES string of the molecule is CC[C@@H]1N(c2ccc(C#N)c(Cl)c2)CC[C@]1(C)O. The molecule has 1 fully saturated rings. The number of hydrogen-bond acceptors (Lipinski definition) is 3. The lowest BCUT2D eigenvalue weighted by atomic mass is 9.95. The molecule has 1 heterocycles. The number of rotatable bonds is 2. The molecule has 3 nitrogen and oxygen atoms in total. The van der Waals surface area contributed by atoms with Crippen LogP contribution in [0, 0.1) is 11.3 Å². The van der Waals surface area contributed by atoms with Gasteiger partial charge < -0.3 is 10.0 Å². The second-order valence-electron chi connectivity index (χ2n) is 5.00. The topological polar surface area (TPSA) is 47.3 Å². The second kappa shape index (κ2) is 4.79. The zero-order valence-corrected chi connectivity index (χ0v) is 11.4. The number of halogens is 1. The number of aliphatic hydroxyl groups is 1. The average Bonchev–Trinajstić information content (AvgIpc) is 2.64. The van der Waals surface area contributed by atoms with Gasteiger partial charge in [-0.05, 0) is 38.0 Å². The Kier molecular flexibility index (Phi) is 3.52. The van der Waals surface area contributed by atoms with E-state index in [1.165, 1.54) is 0 Å².